The summed E-state index contributed by atoms with van der Waals surface area (Å²) < 4.78 is 10.7. The Labute approximate surface area is 137 Å². The van der Waals surface area contributed by atoms with Crippen LogP contribution in [0.25, 0.3) is 0 Å². The van der Waals surface area contributed by atoms with E-state index in [1.807, 2.05) is 63.2 Å². The van der Waals surface area contributed by atoms with Crippen LogP contribution in [0.15, 0.2) is 42.5 Å². The lowest BCUT2D eigenvalue weighted by Crippen LogP contribution is -2.35. The number of aryl methyl sites for hydroxylation is 1. The highest BCUT2D eigenvalue weighted by atomic mass is 16.5. The Bertz CT molecular complexity index is 708. The Balaban J connectivity index is 2.34. The monoisotopic (exact) mass is 313 g/mol. The third-order valence-corrected chi connectivity index (χ3v) is 3.95. The van der Waals surface area contributed by atoms with Crippen molar-refractivity contribution in [2.75, 3.05) is 19.5 Å². The summed E-state index contributed by atoms with van der Waals surface area (Å²) in [5.41, 5.74) is 1.81. The van der Waals surface area contributed by atoms with Gasteiger partial charge in [0.2, 0.25) is 5.91 Å². The van der Waals surface area contributed by atoms with Crippen LogP contribution in [0.3, 0.4) is 0 Å². The summed E-state index contributed by atoms with van der Waals surface area (Å²) in [6.45, 7) is 5.73. The molecule has 0 aliphatic heterocycles. The highest BCUT2D eigenvalue weighted by Crippen LogP contribution is 2.34. The average Bonchev–Trinajstić information content (AvgIpc) is 2.55. The summed E-state index contributed by atoms with van der Waals surface area (Å²) in [6.07, 6.45) is 0. The molecule has 0 bridgehead atoms. The lowest BCUT2D eigenvalue weighted by atomic mass is 9.83. The van der Waals surface area contributed by atoms with Crippen molar-refractivity contribution in [3.8, 4) is 11.5 Å². The van der Waals surface area contributed by atoms with Crippen LogP contribution in [0.4, 0.5) is 5.69 Å². The smallest absolute Gasteiger partial charge is 0.234 e. The minimum absolute atomic E-state index is 0.120. The molecule has 122 valence electrons. The van der Waals surface area contributed by atoms with Crippen molar-refractivity contribution in [3.63, 3.8) is 0 Å². The van der Waals surface area contributed by atoms with Crippen LogP contribution < -0.4 is 14.8 Å². The fourth-order valence-corrected chi connectivity index (χ4v) is 2.48. The number of anilines is 1. The maximum atomic E-state index is 12.9. The van der Waals surface area contributed by atoms with Crippen LogP contribution >= 0.6 is 0 Å². The van der Waals surface area contributed by atoms with Crippen molar-refractivity contribution in [1.82, 2.24) is 0 Å². The lowest BCUT2D eigenvalue weighted by molar-refractivity contribution is -0.120. The maximum absolute atomic E-state index is 12.9. The van der Waals surface area contributed by atoms with Crippen LogP contribution in [-0.2, 0) is 10.2 Å². The molecule has 0 atom stereocenters. The second-order valence-electron chi connectivity index (χ2n) is 5.98. The van der Waals surface area contributed by atoms with E-state index < -0.39 is 5.41 Å². The standard InChI is InChI=1S/C19H23NO3/c1-13-10-11-17(23-5)15(12-13)20-18(21)19(2,3)14-8-6-7-9-16(14)22-4/h6-12H,1-5H3,(H,20,21). The predicted molar refractivity (Wildman–Crippen MR) is 92.4 cm³/mol. The Morgan fingerprint density at radius 2 is 1.65 bits per heavy atom. The average molecular weight is 313 g/mol. The first kappa shape index (κ1) is 16.9. The second-order valence-corrected chi connectivity index (χ2v) is 5.98. The van der Waals surface area contributed by atoms with Gasteiger partial charge in [-0.15, -0.1) is 0 Å². The maximum Gasteiger partial charge on any atom is 0.234 e. The summed E-state index contributed by atoms with van der Waals surface area (Å²) in [5, 5.41) is 2.97. The van der Waals surface area contributed by atoms with Gasteiger partial charge in [-0.1, -0.05) is 24.3 Å². The fraction of sp³-hybridized carbons (Fsp3) is 0.316. The van der Waals surface area contributed by atoms with Crippen molar-refractivity contribution >= 4 is 11.6 Å². The van der Waals surface area contributed by atoms with Gasteiger partial charge in [-0.2, -0.15) is 0 Å². The predicted octanol–water partition coefficient (Wildman–Crippen LogP) is 3.93. The number of amides is 1. The van der Waals surface area contributed by atoms with E-state index >= 15 is 0 Å². The van der Waals surface area contributed by atoms with Crippen molar-refractivity contribution < 1.29 is 14.3 Å². The zero-order valence-corrected chi connectivity index (χ0v) is 14.3. The molecule has 0 spiro atoms. The van der Waals surface area contributed by atoms with Crippen molar-refractivity contribution in [3.05, 3.63) is 53.6 Å². The van der Waals surface area contributed by atoms with E-state index in [0.29, 0.717) is 17.2 Å². The number of ether oxygens (including phenoxy) is 2. The molecular formula is C19H23NO3. The largest absolute Gasteiger partial charge is 0.496 e. The highest BCUT2D eigenvalue weighted by molar-refractivity contribution is 6.00. The molecule has 4 nitrogen and oxygen atoms in total. The summed E-state index contributed by atoms with van der Waals surface area (Å²) in [7, 11) is 3.20. The molecular weight excluding hydrogens is 290 g/mol. The van der Waals surface area contributed by atoms with Gasteiger partial charge >= 0.3 is 0 Å². The first-order valence-corrected chi connectivity index (χ1v) is 7.49. The van der Waals surface area contributed by atoms with Gasteiger partial charge in [-0.05, 0) is 44.5 Å². The quantitative estimate of drug-likeness (QED) is 0.910. The summed E-state index contributed by atoms with van der Waals surface area (Å²) in [6, 6.07) is 13.2. The molecule has 23 heavy (non-hydrogen) atoms. The molecule has 0 saturated heterocycles. The van der Waals surface area contributed by atoms with Gasteiger partial charge in [-0.3, -0.25) is 4.79 Å². The molecule has 4 heteroatoms. The van der Waals surface area contributed by atoms with Crippen molar-refractivity contribution in [1.29, 1.82) is 0 Å². The molecule has 1 N–H and O–H groups in total. The number of rotatable bonds is 5. The van der Waals surface area contributed by atoms with E-state index in [4.69, 9.17) is 9.47 Å². The molecule has 0 aliphatic carbocycles. The van der Waals surface area contributed by atoms with Gasteiger partial charge in [0, 0.05) is 5.56 Å². The Kier molecular flexibility index (Phi) is 4.94. The van der Waals surface area contributed by atoms with Gasteiger partial charge in [0.25, 0.3) is 0 Å². The number of para-hydroxylation sites is 1. The molecule has 2 aromatic rings. The number of carbonyl (C=O) groups excluding carboxylic acids is 1. The molecule has 0 saturated carbocycles. The normalized spacial score (nSPS) is 11.0. The number of hydrogen-bond donors (Lipinski definition) is 1. The van der Waals surface area contributed by atoms with Crippen molar-refractivity contribution in [2.24, 2.45) is 0 Å². The zero-order chi connectivity index (χ0) is 17.0. The van der Waals surface area contributed by atoms with E-state index in [0.717, 1.165) is 11.1 Å². The van der Waals surface area contributed by atoms with Crippen LogP contribution in [0.2, 0.25) is 0 Å². The first-order chi connectivity index (χ1) is 10.9. The number of hydrogen-bond acceptors (Lipinski definition) is 3. The molecule has 0 radical (unpaired) electrons. The van der Waals surface area contributed by atoms with E-state index in [-0.39, 0.29) is 5.91 Å². The Morgan fingerprint density at radius 3 is 2.30 bits per heavy atom. The van der Waals surface area contributed by atoms with E-state index in [2.05, 4.69) is 5.32 Å². The molecule has 0 fully saturated rings. The van der Waals surface area contributed by atoms with Gasteiger partial charge in [0.1, 0.15) is 11.5 Å². The van der Waals surface area contributed by atoms with E-state index in [1.54, 1.807) is 14.2 Å². The third kappa shape index (κ3) is 3.47. The fourth-order valence-electron chi connectivity index (χ4n) is 2.48. The first-order valence-electron chi connectivity index (χ1n) is 7.49. The molecule has 0 aliphatic rings. The summed E-state index contributed by atoms with van der Waals surface area (Å²) in [5.74, 6) is 1.22. The number of nitrogens with one attached hydrogen (secondary N) is 1. The Hall–Kier alpha value is -2.49. The minimum Gasteiger partial charge on any atom is -0.496 e. The SMILES string of the molecule is COc1ccc(C)cc1NC(=O)C(C)(C)c1ccccc1OC. The van der Waals surface area contributed by atoms with Gasteiger partial charge < -0.3 is 14.8 Å². The molecule has 2 rings (SSSR count). The van der Waals surface area contributed by atoms with Crippen molar-refractivity contribution in [2.45, 2.75) is 26.2 Å². The molecule has 0 unspecified atom stereocenters. The molecule has 2 aromatic carbocycles. The van der Waals surface area contributed by atoms with Gasteiger partial charge in [-0.25, -0.2) is 0 Å². The Morgan fingerprint density at radius 1 is 1.00 bits per heavy atom. The van der Waals surface area contributed by atoms with Crippen LogP contribution in [0.5, 0.6) is 11.5 Å². The zero-order valence-electron chi connectivity index (χ0n) is 14.3. The van der Waals surface area contributed by atoms with Crippen LogP contribution in [0.1, 0.15) is 25.0 Å². The topological polar surface area (TPSA) is 47.6 Å². The van der Waals surface area contributed by atoms with E-state index in [9.17, 15) is 4.79 Å². The third-order valence-electron chi connectivity index (χ3n) is 3.95. The molecule has 0 aromatic heterocycles. The van der Waals surface area contributed by atoms with Crippen LogP contribution in [0, 0.1) is 6.92 Å². The van der Waals surface area contributed by atoms with Crippen LogP contribution in [-0.4, -0.2) is 20.1 Å². The van der Waals surface area contributed by atoms with Gasteiger partial charge in [0.15, 0.2) is 0 Å². The number of methoxy groups -OCH3 is 2. The number of benzene rings is 2. The highest BCUT2D eigenvalue weighted by Gasteiger charge is 2.33. The second kappa shape index (κ2) is 6.73. The molecule has 1 amide bonds. The molecule has 0 heterocycles. The lowest BCUT2D eigenvalue weighted by Gasteiger charge is -2.26. The minimum atomic E-state index is -0.749. The van der Waals surface area contributed by atoms with E-state index in [1.165, 1.54) is 0 Å². The number of carbonyl (C=O) groups is 1. The summed E-state index contributed by atoms with van der Waals surface area (Å²) >= 11 is 0. The van der Waals surface area contributed by atoms with Gasteiger partial charge in [0.05, 0.1) is 25.3 Å². The summed E-state index contributed by atoms with van der Waals surface area (Å²) in [4.78, 5) is 12.9.